The molecule has 0 radical (unpaired) electrons. The number of anilines is 1. The number of imide groups is 1. The minimum absolute atomic E-state index is 0.00791. The predicted octanol–water partition coefficient (Wildman–Crippen LogP) is 3.98. The molecule has 2 saturated carbocycles. The minimum Gasteiger partial charge on any atom is -0.389 e. The van der Waals surface area contributed by atoms with E-state index in [0.717, 1.165) is 18.5 Å². The molecule has 5 atom stereocenters. The molecular formula is C23H30N2O3. The Hall–Kier alpha value is -2.14. The molecule has 28 heavy (non-hydrogen) atoms. The van der Waals surface area contributed by atoms with Crippen molar-refractivity contribution in [3.63, 3.8) is 0 Å². The van der Waals surface area contributed by atoms with Gasteiger partial charge in [0.05, 0.1) is 24.6 Å². The first-order valence-electron chi connectivity index (χ1n) is 10.2. The summed E-state index contributed by atoms with van der Waals surface area (Å²) in [5.41, 5.74) is 0.762. The Morgan fingerprint density at radius 3 is 2.61 bits per heavy atom. The van der Waals surface area contributed by atoms with Gasteiger partial charge in [-0.2, -0.15) is 0 Å². The summed E-state index contributed by atoms with van der Waals surface area (Å²) >= 11 is 0. The molecule has 3 fully saturated rings. The molecule has 5 nitrogen and oxygen atoms in total. The minimum atomic E-state index is -0.867. The molecule has 0 spiro atoms. The number of hydrogen-bond donors (Lipinski definition) is 1. The van der Waals surface area contributed by atoms with Gasteiger partial charge in [-0.25, -0.2) is 4.79 Å². The van der Waals surface area contributed by atoms with Crippen molar-refractivity contribution in [1.29, 1.82) is 0 Å². The highest BCUT2D eigenvalue weighted by atomic mass is 16.3. The highest BCUT2D eigenvalue weighted by Gasteiger charge is 2.73. The van der Waals surface area contributed by atoms with Crippen molar-refractivity contribution in [2.75, 3.05) is 4.90 Å². The summed E-state index contributed by atoms with van der Waals surface area (Å²) < 4.78 is 0. The van der Waals surface area contributed by atoms with Crippen LogP contribution in [0.4, 0.5) is 10.5 Å². The van der Waals surface area contributed by atoms with Crippen LogP contribution in [0.1, 0.15) is 47.0 Å². The highest BCUT2D eigenvalue weighted by molar-refractivity contribution is 6.06. The van der Waals surface area contributed by atoms with Gasteiger partial charge in [-0.05, 0) is 48.6 Å². The molecule has 5 heteroatoms. The van der Waals surface area contributed by atoms with Crippen molar-refractivity contribution in [3.8, 4) is 0 Å². The first-order valence-corrected chi connectivity index (χ1v) is 10.2. The van der Waals surface area contributed by atoms with Gasteiger partial charge in [0.25, 0.3) is 0 Å². The number of carbonyl (C=O) groups excluding carboxylic acids is 2. The van der Waals surface area contributed by atoms with Gasteiger partial charge in [0.15, 0.2) is 0 Å². The Kier molecular flexibility index (Phi) is 4.42. The van der Waals surface area contributed by atoms with Crippen LogP contribution in [0.2, 0.25) is 0 Å². The van der Waals surface area contributed by atoms with E-state index >= 15 is 0 Å². The van der Waals surface area contributed by atoms with Gasteiger partial charge in [0, 0.05) is 5.69 Å². The third-order valence-electron chi connectivity index (χ3n) is 7.85. The lowest BCUT2D eigenvalue weighted by Crippen LogP contribution is -2.50. The number of carbonyl (C=O) groups is 2. The van der Waals surface area contributed by atoms with Crippen LogP contribution in [-0.4, -0.2) is 40.1 Å². The molecule has 1 aromatic rings. The molecule has 2 bridgehead atoms. The molecule has 0 aromatic heterocycles. The first-order chi connectivity index (χ1) is 13.2. The smallest absolute Gasteiger partial charge is 0.331 e. The number of para-hydroxylation sites is 1. The second-order valence-corrected chi connectivity index (χ2v) is 9.27. The molecule has 0 unspecified atom stereocenters. The van der Waals surface area contributed by atoms with E-state index in [2.05, 4.69) is 20.8 Å². The summed E-state index contributed by atoms with van der Waals surface area (Å²) in [5.74, 6) is 0.0681. The Labute approximate surface area is 167 Å². The number of aliphatic hydroxyl groups is 1. The average Bonchev–Trinajstić information content (AvgIpc) is 3.13. The van der Waals surface area contributed by atoms with Gasteiger partial charge in [0.2, 0.25) is 5.91 Å². The molecule has 2 aliphatic carbocycles. The molecular weight excluding hydrogens is 352 g/mol. The van der Waals surface area contributed by atoms with Crippen LogP contribution >= 0.6 is 0 Å². The zero-order valence-corrected chi connectivity index (χ0v) is 17.1. The maximum absolute atomic E-state index is 13.5. The van der Waals surface area contributed by atoms with Crippen LogP contribution in [0.25, 0.3) is 0 Å². The molecule has 1 saturated heterocycles. The van der Waals surface area contributed by atoms with Crippen LogP contribution in [0.3, 0.4) is 0 Å². The van der Waals surface area contributed by atoms with E-state index in [4.69, 9.17) is 0 Å². The summed E-state index contributed by atoms with van der Waals surface area (Å²) in [6.45, 7) is 8.62. The summed E-state index contributed by atoms with van der Waals surface area (Å²) in [6.07, 6.45) is 4.48. The zero-order chi connectivity index (χ0) is 20.3. The van der Waals surface area contributed by atoms with E-state index in [-0.39, 0.29) is 41.3 Å². The van der Waals surface area contributed by atoms with Crippen molar-refractivity contribution < 1.29 is 14.7 Å². The molecule has 3 amide bonds. The number of allylic oxidation sites excluding steroid dienone is 1. The maximum Gasteiger partial charge on any atom is 0.331 e. The molecule has 3 aliphatic rings. The van der Waals surface area contributed by atoms with Gasteiger partial charge in [-0.1, -0.05) is 51.1 Å². The van der Waals surface area contributed by atoms with E-state index < -0.39 is 6.10 Å². The van der Waals surface area contributed by atoms with Crippen molar-refractivity contribution >= 4 is 17.6 Å². The number of rotatable bonds is 4. The van der Waals surface area contributed by atoms with Gasteiger partial charge < -0.3 is 5.11 Å². The van der Waals surface area contributed by atoms with E-state index in [1.165, 1.54) is 4.90 Å². The molecule has 4 rings (SSSR count). The lowest BCUT2D eigenvalue weighted by Gasteiger charge is -2.41. The zero-order valence-electron chi connectivity index (χ0n) is 17.1. The number of aliphatic hydroxyl groups excluding tert-OH is 1. The van der Waals surface area contributed by atoms with Gasteiger partial charge in [-0.3, -0.25) is 14.6 Å². The van der Waals surface area contributed by atoms with Gasteiger partial charge in [0.1, 0.15) is 0 Å². The third kappa shape index (κ3) is 2.41. The Morgan fingerprint density at radius 1 is 1.29 bits per heavy atom. The molecule has 1 aliphatic heterocycles. The van der Waals surface area contributed by atoms with Crippen molar-refractivity contribution in [2.24, 2.45) is 16.7 Å². The topological polar surface area (TPSA) is 60.9 Å². The quantitative estimate of drug-likeness (QED) is 0.802. The Balaban J connectivity index is 1.77. The molecule has 1 N–H and O–H groups in total. The molecule has 1 aromatic carbocycles. The fraction of sp³-hybridized carbons (Fsp3) is 0.565. The van der Waals surface area contributed by atoms with Crippen molar-refractivity contribution in [3.05, 3.63) is 42.5 Å². The number of fused-ring (bicyclic) bond motifs is 5. The van der Waals surface area contributed by atoms with Crippen molar-refractivity contribution in [2.45, 2.75) is 65.1 Å². The van der Waals surface area contributed by atoms with Crippen LogP contribution in [0.15, 0.2) is 42.5 Å². The number of nitrogens with zero attached hydrogens (tertiary/aromatic N) is 2. The molecule has 150 valence electrons. The Morgan fingerprint density at radius 2 is 1.96 bits per heavy atom. The summed E-state index contributed by atoms with van der Waals surface area (Å²) in [5, 5.41) is 10.1. The fourth-order valence-corrected chi connectivity index (χ4v) is 6.11. The van der Waals surface area contributed by atoms with Gasteiger partial charge >= 0.3 is 6.03 Å². The predicted molar refractivity (Wildman–Crippen MR) is 109 cm³/mol. The number of urea groups is 1. The van der Waals surface area contributed by atoms with Crippen LogP contribution in [-0.2, 0) is 4.79 Å². The largest absolute Gasteiger partial charge is 0.389 e. The van der Waals surface area contributed by atoms with E-state index in [9.17, 15) is 14.7 Å². The van der Waals surface area contributed by atoms with Crippen LogP contribution < -0.4 is 4.90 Å². The average molecular weight is 383 g/mol. The van der Waals surface area contributed by atoms with E-state index in [1.807, 2.05) is 35.2 Å². The normalized spacial score (nSPS) is 34.3. The summed E-state index contributed by atoms with van der Waals surface area (Å²) in [6, 6.07) is 9.27. The SMILES string of the molecule is C/C=C/[C@@H](O)CC(=O)N1C(=O)N(c2ccccc2)[C@@H]2[C@H]3CC[C@@](C)([C@@H]21)C3(C)C. The third-order valence-corrected chi connectivity index (χ3v) is 7.85. The van der Waals surface area contributed by atoms with Gasteiger partial charge in [-0.15, -0.1) is 0 Å². The Bertz CT molecular complexity index is 818. The summed E-state index contributed by atoms with van der Waals surface area (Å²) in [7, 11) is 0. The lowest BCUT2D eigenvalue weighted by atomic mass is 9.69. The fourth-order valence-electron chi connectivity index (χ4n) is 6.11. The number of amides is 3. The van der Waals surface area contributed by atoms with E-state index in [1.54, 1.807) is 19.1 Å². The monoisotopic (exact) mass is 382 g/mol. The number of benzene rings is 1. The highest BCUT2D eigenvalue weighted by Crippen LogP contribution is 2.69. The lowest BCUT2D eigenvalue weighted by molar-refractivity contribution is -0.133. The number of hydrogen-bond acceptors (Lipinski definition) is 3. The summed E-state index contributed by atoms with van der Waals surface area (Å²) in [4.78, 5) is 30.0. The van der Waals surface area contributed by atoms with Crippen LogP contribution in [0, 0.1) is 16.7 Å². The van der Waals surface area contributed by atoms with E-state index in [0.29, 0.717) is 5.92 Å². The van der Waals surface area contributed by atoms with Crippen LogP contribution in [0.5, 0.6) is 0 Å². The maximum atomic E-state index is 13.5. The second kappa shape index (κ2) is 6.45. The standard InChI is InChI=1S/C23H30N2O3/c1-5-9-16(26)14-18(27)25-20-19(17-12-13-23(20,4)22(17,2)3)24(21(25)28)15-10-7-6-8-11-15/h5-11,16-17,19-20,26H,12-14H2,1-4H3/b9-5+/t16-,17-,19-,20-,23+/m1/s1. The van der Waals surface area contributed by atoms with Crippen molar-refractivity contribution in [1.82, 2.24) is 4.90 Å². The second-order valence-electron chi connectivity index (χ2n) is 9.27. The first kappa shape index (κ1) is 19.2. The molecule has 1 heterocycles.